The van der Waals surface area contributed by atoms with E-state index in [0.29, 0.717) is 11.1 Å². The third-order valence-corrected chi connectivity index (χ3v) is 3.02. The SMILES string of the molecule is O=C(c1ccc(F)cc1)c1cncc(-c2ccc[nH]2)c1. The number of hydrogen-bond acceptors (Lipinski definition) is 2. The maximum absolute atomic E-state index is 12.9. The molecular weight excluding hydrogens is 255 g/mol. The van der Waals surface area contributed by atoms with Gasteiger partial charge in [0.1, 0.15) is 5.82 Å². The largest absolute Gasteiger partial charge is 0.361 e. The number of nitrogens with one attached hydrogen (secondary N) is 1. The molecule has 0 radical (unpaired) electrons. The van der Waals surface area contributed by atoms with Gasteiger partial charge in [-0.2, -0.15) is 0 Å². The number of ketones is 1. The van der Waals surface area contributed by atoms with Crippen LogP contribution in [-0.4, -0.2) is 15.8 Å². The Hall–Kier alpha value is -2.75. The minimum absolute atomic E-state index is 0.175. The van der Waals surface area contributed by atoms with E-state index in [9.17, 15) is 9.18 Å². The molecule has 0 atom stereocenters. The lowest BCUT2D eigenvalue weighted by molar-refractivity contribution is 0.103. The second-order valence-corrected chi connectivity index (χ2v) is 4.38. The smallest absolute Gasteiger partial charge is 0.194 e. The lowest BCUT2D eigenvalue weighted by Crippen LogP contribution is -2.02. The number of benzene rings is 1. The Bertz CT molecular complexity index is 733. The van der Waals surface area contributed by atoms with Crippen molar-refractivity contribution in [2.75, 3.05) is 0 Å². The van der Waals surface area contributed by atoms with Gasteiger partial charge < -0.3 is 4.98 Å². The monoisotopic (exact) mass is 266 g/mol. The normalized spacial score (nSPS) is 10.4. The summed E-state index contributed by atoms with van der Waals surface area (Å²) in [5, 5.41) is 0. The molecule has 0 unspecified atom stereocenters. The number of H-pyrrole nitrogens is 1. The fraction of sp³-hybridized carbons (Fsp3) is 0. The number of aromatic nitrogens is 2. The second-order valence-electron chi connectivity index (χ2n) is 4.38. The molecule has 0 saturated carbocycles. The van der Waals surface area contributed by atoms with Crippen LogP contribution in [0.3, 0.4) is 0 Å². The van der Waals surface area contributed by atoms with Gasteiger partial charge in [0.25, 0.3) is 0 Å². The van der Waals surface area contributed by atoms with Crippen molar-refractivity contribution in [2.24, 2.45) is 0 Å². The van der Waals surface area contributed by atoms with Crippen molar-refractivity contribution >= 4 is 5.78 Å². The lowest BCUT2D eigenvalue weighted by atomic mass is 10.0. The van der Waals surface area contributed by atoms with Gasteiger partial charge in [0.05, 0.1) is 0 Å². The van der Waals surface area contributed by atoms with E-state index < -0.39 is 0 Å². The van der Waals surface area contributed by atoms with Gasteiger partial charge in [-0.1, -0.05) is 0 Å². The molecule has 0 aliphatic heterocycles. The van der Waals surface area contributed by atoms with Crippen LogP contribution < -0.4 is 0 Å². The van der Waals surface area contributed by atoms with Crippen LogP contribution in [0.25, 0.3) is 11.3 Å². The summed E-state index contributed by atoms with van der Waals surface area (Å²) < 4.78 is 12.9. The van der Waals surface area contributed by atoms with Gasteiger partial charge >= 0.3 is 0 Å². The molecule has 0 spiro atoms. The summed E-state index contributed by atoms with van der Waals surface area (Å²) in [5.74, 6) is -0.536. The van der Waals surface area contributed by atoms with Crippen molar-refractivity contribution in [1.29, 1.82) is 0 Å². The van der Waals surface area contributed by atoms with E-state index in [1.165, 1.54) is 30.5 Å². The summed E-state index contributed by atoms with van der Waals surface area (Å²) in [7, 11) is 0. The van der Waals surface area contributed by atoms with E-state index >= 15 is 0 Å². The third kappa shape index (κ3) is 2.36. The zero-order valence-corrected chi connectivity index (χ0v) is 10.5. The Morgan fingerprint density at radius 2 is 1.85 bits per heavy atom. The summed E-state index contributed by atoms with van der Waals surface area (Å²) in [5.41, 5.74) is 2.65. The fourth-order valence-corrected chi connectivity index (χ4v) is 1.99. The number of aromatic amines is 1. The predicted molar refractivity (Wildman–Crippen MR) is 73.9 cm³/mol. The molecule has 0 aliphatic carbocycles. The van der Waals surface area contributed by atoms with E-state index in [0.717, 1.165) is 11.3 Å². The Morgan fingerprint density at radius 3 is 2.55 bits per heavy atom. The summed E-state index contributed by atoms with van der Waals surface area (Å²) in [4.78, 5) is 19.5. The summed E-state index contributed by atoms with van der Waals surface area (Å²) >= 11 is 0. The van der Waals surface area contributed by atoms with Gasteiger partial charge in [-0.05, 0) is 42.5 Å². The maximum Gasteiger partial charge on any atom is 0.194 e. The minimum atomic E-state index is -0.361. The van der Waals surface area contributed by atoms with Crippen LogP contribution in [0.15, 0.2) is 61.1 Å². The van der Waals surface area contributed by atoms with E-state index in [4.69, 9.17) is 0 Å². The van der Waals surface area contributed by atoms with Crippen LogP contribution >= 0.6 is 0 Å². The first-order chi connectivity index (χ1) is 9.74. The molecule has 98 valence electrons. The zero-order valence-electron chi connectivity index (χ0n) is 10.5. The molecular formula is C16H11FN2O. The summed E-state index contributed by atoms with van der Waals surface area (Å²) in [6.07, 6.45) is 5.01. The average molecular weight is 266 g/mol. The van der Waals surface area contributed by atoms with Crippen LogP contribution in [0.2, 0.25) is 0 Å². The van der Waals surface area contributed by atoms with Crippen molar-refractivity contribution in [2.45, 2.75) is 0 Å². The van der Waals surface area contributed by atoms with E-state index in [-0.39, 0.29) is 11.6 Å². The molecule has 0 aliphatic rings. The second kappa shape index (κ2) is 5.09. The molecule has 3 aromatic rings. The third-order valence-electron chi connectivity index (χ3n) is 3.02. The first kappa shape index (κ1) is 12.3. The van der Waals surface area contributed by atoms with Gasteiger partial charge in [0.15, 0.2) is 5.78 Å². The number of nitrogens with zero attached hydrogens (tertiary/aromatic N) is 1. The summed E-state index contributed by atoms with van der Waals surface area (Å²) in [6, 6.07) is 11.0. The van der Waals surface area contributed by atoms with Gasteiger partial charge in [0, 0.05) is 41.0 Å². The molecule has 4 heteroatoms. The van der Waals surface area contributed by atoms with Crippen molar-refractivity contribution in [1.82, 2.24) is 9.97 Å². The molecule has 0 bridgehead atoms. The van der Waals surface area contributed by atoms with Gasteiger partial charge in [0.2, 0.25) is 0 Å². The molecule has 20 heavy (non-hydrogen) atoms. The Kier molecular flexibility index (Phi) is 3.13. The number of carbonyl (C=O) groups is 1. The first-order valence-electron chi connectivity index (χ1n) is 6.13. The highest BCUT2D eigenvalue weighted by atomic mass is 19.1. The molecule has 3 rings (SSSR count). The van der Waals surface area contributed by atoms with Crippen LogP contribution in [-0.2, 0) is 0 Å². The van der Waals surface area contributed by atoms with Crippen molar-refractivity contribution in [3.8, 4) is 11.3 Å². The quantitative estimate of drug-likeness (QED) is 0.738. The molecule has 0 saturated heterocycles. The predicted octanol–water partition coefficient (Wildman–Crippen LogP) is 3.45. The number of halogens is 1. The highest BCUT2D eigenvalue weighted by Gasteiger charge is 2.11. The van der Waals surface area contributed by atoms with Crippen molar-refractivity contribution in [3.63, 3.8) is 0 Å². The Balaban J connectivity index is 1.96. The maximum atomic E-state index is 12.9. The van der Waals surface area contributed by atoms with Gasteiger partial charge in [-0.25, -0.2) is 4.39 Å². The van der Waals surface area contributed by atoms with Crippen LogP contribution in [0.1, 0.15) is 15.9 Å². The van der Waals surface area contributed by atoms with Crippen LogP contribution in [0.4, 0.5) is 4.39 Å². The highest BCUT2D eigenvalue weighted by Crippen LogP contribution is 2.19. The molecule has 1 N–H and O–H groups in total. The minimum Gasteiger partial charge on any atom is -0.361 e. The summed E-state index contributed by atoms with van der Waals surface area (Å²) in [6.45, 7) is 0. The topological polar surface area (TPSA) is 45.8 Å². The number of rotatable bonds is 3. The van der Waals surface area contributed by atoms with E-state index in [2.05, 4.69) is 9.97 Å². The molecule has 3 nitrogen and oxygen atoms in total. The Morgan fingerprint density at radius 1 is 1.05 bits per heavy atom. The van der Waals surface area contributed by atoms with Crippen molar-refractivity contribution < 1.29 is 9.18 Å². The van der Waals surface area contributed by atoms with E-state index in [1.807, 2.05) is 18.3 Å². The molecule has 2 aromatic heterocycles. The first-order valence-corrected chi connectivity index (χ1v) is 6.13. The molecule has 0 fully saturated rings. The van der Waals surface area contributed by atoms with Gasteiger partial charge in [-0.3, -0.25) is 9.78 Å². The number of pyridine rings is 1. The Labute approximate surface area is 115 Å². The fourth-order valence-electron chi connectivity index (χ4n) is 1.99. The highest BCUT2D eigenvalue weighted by molar-refractivity contribution is 6.09. The zero-order chi connectivity index (χ0) is 13.9. The van der Waals surface area contributed by atoms with Gasteiger partial charge in [-0.15, -0.1) is 0 Å². The molecule has 1 aromatic carbocycles. The van der Waals surface area contributed by atoms with Crippen LogP contribution in [0.5, 0.6) is 0 Å². The van der Waals surface area contributed by atoms with Crippen LogP contribution in [0, 0.1) is 5.82 Å². The van der Waals surface area contributed by atoms with Crippen molar-refractivity contribution in [3.05, 3.63) is 78.0 Å². The lowest BCUT2D eigenvalue weighted by Gasteiger charge is -2.03. The van der Waals surface area contributed by atoms with E-state index in [1.54, 1.807) is 12.3 Å². The number of hydrogen-bond donors (Lipinski definition) is 1. The molecule has 2 heterocycles. The number of carbonyl (C=O) groups excluding carboxylic acids is 1. The standard InChI is InChI=1S/C16H11FN2O/c17-14-5-3-11(4-6-14)16(20)13-8-12(9-18-10-13)15-2-1-7-19-15/h1-10,19H. The molecule has 0 amide bonds. The average Bonchev–Trinajstić information content (AvgIpc) is 3.02.